The highest BCUT2D eigenvalue weighted by molar-refractivity contribution is 5.77. The summed E-state index contributed by atoms with van der Waals surface area (Å²) in [7, 11) is 0. The van der Waals surface area contributed by atoms with E-state index in [9.17, 15) is 50.1 Å². The minimum Gasteiger partial charge on any atom is -0.477 e. The molecule has 2 amide bonds. The van der Waals surface area contributed by atoms with Gasteiger partial charge in [0.1, 0.15) is 48.7 Å². The lowest BCUT2D eigenvalue weighted by molar-refractivity contribution is -0.344. The molecule has 0 aliphatic carbocycles. The van der Waals surface area contributed by atoms with E-state index in [4.69, 9.17) is 40.9 Å². The van der Waals surface area contributed by atoms with Gasteiger partial charge in [-0.1, -0.05) is 0 Å². The van der Waals surface area contributed by atoms with Crippen molar-refractivity contribution in [3.05, 3.63) is 0 Å². The van der Waals surface area contributed by atoms with E-state index in [1.54, 1.807) is 0 Å². The maximum absolute atomic E-state index is 12.8. The number of aliphatic hydroxyl groups is 6. The maximum Gasteiger partial charge on any atom is 0.364 e. The molecule has 3 aliphatic rings. The molecule has 16 atom stereocenters. The second kappa shape index (κ2) is 15.6. The predicted molar refractivity (Wildman–Crippen MR) is 154 cm³/mol. The average molecular weight is 683 g/mol. The second-order valence-corrected chi connectivity index (χ2v) is 11.8. The number of nitrogens with two attached hydrogens (primary N) is 3. The van der Waals surface area contributed by atoms with Gasteiger partial charge in [-0.05, 0) is 13.8 Å². The van der Waals surface area contributed by atoms with Crippen molar-refractivity contribution in [2.45, 2.75) is 132 Å². The minimum atomic E-state index is -2.79. The van der Waals surface area contributed by atoms with E-state index in [2.05, 4.69) is 15.6 Å². The molecule has 3 saturated heterocycles. The number of aliphatic carboxylic acids is 1. The van der Waals surface area contributed by atoms with Crippen LogP contribution in [0.1, 0.15) is 34.1 Å². The van der Waals surface area contributed by atoms with Crippen LogP contribution in [0.15, 0.2) is 4.99 Å². The summed E-state index contributed by atoms with van der Waals surface area (Å²) in [5.41, 5.74) is 17.2. The van der Waals surface area contributed by atoms with Crippen LogP contribution < -0.4 is 27.8 Å². The summed E-state index contributed by atoms with van der Waals surface area (Å²) >= 11 is 0. The zero-order chi connectivity index (χ0) is 35.5. The molecule has 0 saturated carbocycles. The molecule has 0 aromatic rings. The molecule has 3 aliphatic heterocycles. The Hall–Kier alpha value is -2.80. The maximum atomic E-state index is 12.8. The fraction of sp³-hybridized carbons (Fsp3) is 0.846. The van der Waals surface area contributed by atoms with Crippen LogP contribution in [-0.4, -0.2) is 164 Å². The first kappa shape index (κ1) is 38.6. The van der Waals surface area contributed by atoms with Crippen molar-refractivity contribution in [1.29, 1.82) is 0 Å². The third-order valence-electron chi connectivity index (χ3n) is 8.21. The van der Waals surface area contributed by atoms with E-state index in [1.807, 2.05) is 0 Å². The van der Waals surface area contributed by atoms with Gasteiger partial charge in [0.25, 0.3) is 5.79 Å². The minimum absolute atomic E-state index is 0.554. The van der Waals surface area contributed by atoms with Crippen molar-refractivity contribution in [3.63, 3.8) is 0 Å². The van der Waals surface area contributed by atoms with Crippen molar-refractivity contribution < 1.29 is 73.8 Å². The highest BCUT2D eigenvalue weighted by Gasteiger charge is 2.59. The fourth-order valence-corrected chi connectivity index (χ4v) is 5.82. The summed E-state index contributed by atoms with van der Waals surface area (Å²) in [6.45, 7) is 4.23. The van der Waals surface area contributed by atoms with Crippen molar-refractivity contribution in [2.75, 3.05) is 6.61 Å². The molecule has 21 heteroatoms. The van der Waals surface area contributed by atoms with Crippen LogP contribution in [0.5, 0.6) is 0 Å². The Morgan fingerprint density at radius 2 is 1.68 bits per heavy atom. The van der Waals surface area contributed by atoms with Gasteiger partial charge in [0, 0.05) is 20.3 Å². The van der Waals surface area contributed by atoms with Gasteiger partial charge >= 0.3 is 5.97 Å². The lowest BCUT2D eigenvalue weighted by Crippen LogP contribution is -2.71. The van der Waals surface area contributed by atoms with Crippen molar-refractivity contribution in [2.24, 2.45) is 22.2 Å². The first-order valence-electron chi connectivity index (χ1n) is 14.8. The summed E-state index contributed by atoms with van der Waals surface area (Å²) in [6, 6.07) is -5.74. The molecule has 3 rings (SSSR count). The number of ether oxygens (including phenoxy) is 5. The molecule has 3 heterocycles. The number of guanidine groups is 1. The van der Waals surface area contributed by atoms with Gasteiger partial charge in [0.05, 0.1) is 37.0 Å². The number of amides is 2. The number of hydrogen-bond acceptors (Lipinski definition) is 16. The molecule has 47 heavy (non-hydrogen) atoms. The van der Waals surface area contributed by atoms with Gasteiger partial charge in [0.15, 0.2) is 18.5 Å². The highest BCUT2D eigenvalue weighted by atomic mass is 16.7. The average Bonchev–Trinajstić information content (AvgIpc) is 2.97. The third kappa shape index (κ3) is 8.63. The molecule has 0 aromatic carbocycles. The van der Waals surface area contributed by atoms with E-state index in [0.29, 0.717) is 0 Å². The first-order chi connectivity index (χ1) is 21.8. The lowest BCUT2D eigenvalue weighted by Gasteiger charge is -2.50. The Labute approximate surface area is 268 Å². The fourth-order valence-electron chi connectivity index (χ4n) is 5.82. The smallest absolute Gasteiger partial charge is 0.364 e. The molecule has 3 fully saturated rings. The van der Waals surface area contributed by atoms with Gasteiger partial charge in [-0.2, -0.15) is 0 Å². The molecule has 0 unspecified atom stereocenters. The second-order valence-electron chi connectivity index (χ2n) is 11.8. The molecular weight excluding hydrogens is 636 g/mol. The SMILES string of the molecule is CC(=O)N[C@H]([C@H]1O[C@](O[C@@H]2[C@H](O)[C@H](C)O[C@@H](O)[C@H]2N=C(N)N)(C(=O)O)C[C@@H](O)[C@@H]1N)[C@@H](C)O[C@H]1O[C@H](CO)[C@@H](O)[C@H](O)[C@H]1NC(C)=O. The molecule has 21 nitrogen and oxygen atoms in total. The number of nitrogens with zero attached hydrogens (tertiary/aromatic N) is 1. The van der Waals surface area contributed by atoms with Gasteiger partial charge in [-0.3, -0.25) is 9.59 Å². The van der Waals surface area contributed by atoms with Crippen LogP contribution in [0, 0.1) is 0 Å². The van der Waals surface area contributed by atoms with E-state index in [1.165, 1.54) is 13.8 Å². The van der Waals surface area contributed by atoms with Crippen molar-refractivity contribution in [3.8, 4) is 0 Å². The Kier molecular flexibility index (Phi) is 12.8. The van der Waals surface area contributed by atoms with Crippen LogP contribution in [0.25, 0.3) is 0 Å². The number of carboxylic acids is 1. The van der Waals surface area contributed by atoms with Crippen LogP contribution in [0.2, 0.25) is 0 Å². The molecule has 0 aromatic heterocycles. The normalized spacial score (nSPS) is 42.1. The summed E-state index contributed by atoms with van der Waals surface area (Å²) in [5, 5.41) is 78.4. The van der Waals surface area contributed by atoms with E-state index in [-0.39, 0.29) is 0 Å². The number of carbonyl (C=O) groups excluding carboxylic acids is 2. The molecule has 0 radical (unpaired) electrons. The molecule has 15 N–H and O–H groups in total. The number of aliphatic hydroxyl groups excluding tert-OH is 6. The number of hydrogen-bond donors (Lipinski definition) is 12. The number of rotatable bonds is 11. The number of carbonyl (C=O) groups is 3. The topological polar surface area (TPSA) is 353 Å². The summed E-state index contributed by atoms with van der Waals surface area (Å²) in [5.74, 6) is -6.46. The first-order valence-corrected chi connectivity index (χ1v) is 14.8. The highest BCUT2D eigenvalue weighted by Crippen LogP contribution is 2.37. The zero-order valence-corrected chi connectivity index (χ0v) is 26.2. The van der Waals surface area contributed by atoms with Gasteiger partial charge in [0.2, 0.25) is 11.8 Å². The Bertz CT molecular complexity index is 1150. The molecule has 0 bridgehead atoms. The van der Waals surface area contributed by atoms with E-state index < -0.39 is 134 Å². The van der Waals surface area contributed by atoms with Gasteiger partial charge < -0.3 is 87.3 Å². The van der Waals surface area contributed by atoms with Crippen LogP contribution >= 0.6 is 0 Å². The summed E-state index contributed by atoms with van der Waals surface area (Å²) < 4.78 is 28.6. The van der Waals surface area contributed by atoms with Crippen LogP contribution in [0.4, 0.5) is 0 Å². The van der Waals surface area contributed by atoms with E-state index in [0.717, 1.165) is 13.8 Å². The standard InChI is InChI=1S/C26H46N6O15/c1-7(44-23-15(31-10(4)35)19(39)18(38)12(6-33)45-23)14(30-9(3)34)20-13(27)11(36)5-26(46-20,24(41)42)47-21-16(32-25(28)29)22(40)43-8(2)17(21)37/h7-8,11-23,33,36-40H,5-6,27H2,1-4H3,(H,30,34)(H,31,35)(H,41,42)(H4,28,29,32)/t7-,8+,11-,12-,13+,14+,15-,16+,17-,18-,19-,20+,21+,22-,23+,26-/m1/s1. The quantitative estimate of drug-likeness (QED) is 0.0711. The van der Waals surface area contributed by atoms with Gasteiger partial charge in [-0.25, -0.2) is 9.79 Å². The Morgan fingerprint density at radius 3 is 2.21 bits per heavy atom. The van der Waals surface area contributed by atoms with Crippen LogP contribution in [-0.2, 0) is 38.1 Å². The largest absolute Gasteiger partial charge is 0.477 e. The summed E-state index contributed by atoms with van der Waals surface area (Å²) in [6.07, 6.45) is -17.8. The zero-order valence-electron chi connectivity index (χ0n) is 26.2. The lowest BCUT2D eigenvalue weighted by atomic mass is 9.87. The van der Waals surface area contributed by atoms with Crippen LogP contribution in [0.3, 0.4) is 0 Å². The van der Waals surface area contributed by atoms with Gasteiger partial charge in [-0.15, -0.1) is 0 Å². The molecule has 270 valence electrons. The third-order valence-corrected chi connectivity index (χ3v) is 8.21. The predicted octanol–water partition coefficient (Wildman–Crippen LogP) is -6.78. The number of aliphatic imine (C=N–C) groups is 1. The van der Waals surface area contributed by atoms with E-state index >= 15 is 0 Å². The molecule has 0 spiro atoms. The number of carboxylic acid groups (broad SMARTS) is 1. The Balaban J connectivity index is 2.00. The Morgan fingerprint density at radius 1 is 1.04 bits per heavy atom. The molecular formula is C26H46N6O15. The summed E-state index contributed by atoms with van der Waals surface area (Å²) in [4.78, 5) is 40.9. The van der Waals surface area contributed by atoms with Crippen molar-refractivity contribution in [1.82, 2.24) is 10.6 Å². The van der Waals surface area contributed by atoms with Crippen molar-refractivity contribution >= 4 is 23.7 Å². The monoisotopic (exact) mass is 682 g/mol. The number of nitrogens with one attached hydrogen (secondary N) is 2.